The molecule has 0 N–H and O–H groups in total. The maximum atomic E-state index is 11.8. The summed E-state index contributed by atoms with van der Waals surface area (Å²) in [6.45, 7) is 10.1. The van der Waals surface area contributed by atoms with Gasteiger partial charge in [0.25, 0.3) is 0 Å². The lowest BCUT2D eigenvalue weighted by Gasteiger charge is -2.41. The Morgan fingerprint density at radius 3 is 2.41 bits per heavy atom. The van der Waals surface area contributed by atoms with Crippen molar-refractivity contribution in [2.45, 2.75) is 72.5 Å². The Bertz CT molecular complexity index is 379. The molecule has 0 aromatic rings. The topological polar surface area (TPSA) is 52.6 Å². The van der Waals surface area contributed by atoms with Crippen molar-refractivity contribution >= 4 is 11.8 Å². The van der Waals surface area contributed by atoms with Gasteiger partial charge < -0.3 is 9.47 Å². The number of hydrogen-bond donors (Lipinski definition) is 0. The van der Waals surface area contributed by atoms with Crippen LogP contribution in [0.5, 0.6) is 0 Å². The van der Waals surface area contributed by atoms with E-state index in [2.05, 4.69) is 13.8 Å². The SMILES string of the molecule is CCC(=O)[C@@H](C)CC[C@@H]1O[C@H]([C@@H](C)C(=O)OC)[C@@H](C)C[C@@H]1C. The lowest BCUT2D eigenvalue weighted by molar-refractivity contribution is -0.166. The zero-order chi connectivity index (χ0) is 16.9. The molecule has 1 heterocycles. The minimum Gasteiger partial charge on any atom is -0.469 e. The first kappa shape index (κ1) is 19.1. The van der Waals surface area contributed by atoms with Gasteiger partial charge in [-0.2, -0.15) is 0 Å². The summed E-state index contributed by atoms with van der Waals surface area (Å²) >= 11 is 0. The number of carbonyl (C=O) groups is 2. The number of carbonyl (C=O) groups excluding carboxylic acids is 2. The number of esters is 1. The van der Waals surface area contributed by atoms with Crippen molar-refractivity contribution in [1.82, 2.24) is 0 Å². The summed E-state index contributed by atoms with van der Waals surface area (Å²) in [4.78, 5) is 23.5. The van der Waals surface area contributed by atoms with Crippen LogP contribution < -0.4 is 0 Å². The summed E-state index contributed by atoms with van der Waals surface area (Å²) in [6, 6.07) is 0. The molecule has 0 spiro atoms. The van der Waals surface area contributed by atoms with E-state index < -0.39 is 0 Å². The number of rotatable bonds is 7. The van der Waals surface area contributed by atoms with Gasteiger partial charge in [0.1, 0.15) is 5.78 Å². The van der Waals surface area contributed by atoms with Crippen molar-refractivity contribution < 1.29 is 19.1 Å². The minimum atomic E-state index is -0.246. The quantitative estimate of drug-likeness (QED) is 0.674. The fourth-order valence-corrected chi connectivity index (χ4v) is 3.55. The molecule has 0 radical (unpaired) electrons. The van der Waals surface area contributed by atoms with E-state index >= 15 is 0 Å². The van der Waals surface area contributed by atoms with E-state index in [9.17, 15) is 9.59 Å². The van der Waals surface area contributed by atoms with Gasteiger partial charge in [-0.25, -0.2) is 0 Å². The summed E-state index contributed by atoms with van der Waals surface area (Å²) in [5.41, 5.74) is 0. The van der Waals surface area contributed by atoms with Crippen molar-refractivity contribution in [3.8, 4) is 0 Å². The number of ether oxygens (including phenoxy) is 2. The van der Waals surface area contributed by atoms with Crippen LogP contribution in [-0.4, -0.2) is 31.1 Å². The first-order chi connectivity index (χ1) is 10.3. The molecule has 6 atom stereocenters. The normalized spacial score (nSPS) is 31.4. The van der Waals surface area contributed by atoms with E-state index in [0.29, 0.717) is 24.0 Å². The van der Waals surface area contributed by atoms with Crippen LogP contribution in [0.15, 0.2) is 0 Å². The Morgan fingerprint density at radius 1 is 1.23 bits per heavy atom. The molecule has 4 nitrogen and oxygen atoms in total. The molecule has 0 aromatic heterocycles. The predicted octanol–water partition coefficient (Wildman–Crippen LogP) is 3.62. The molecule has 1 rings (SSSR count). The summed E-state index contributed by atoms with van der Waals surface area (Å²) < 4.78 is 11.1. The molecule has 0 aromatic carbocycles. The zero-order valence-electron chi connectivity index (χ0n) is 14.9. The Morgan fingerprint density at radius 2 is 1.86 bits per heavy atom. The van der Waals surface area contributed by atoms with Crippen molar-refractivity contribution in [3.63, 3.8) is 0 Å². The van der Waals surface area contributed by atoms with Gasteiger partial charge in [0.05, 0.1) is 25.2 Å². The van der Waals surface area contributed by atoms with E-state index in [1.54, 1.807) is 0 Å². The second-order valence-electron chi connectivity index (χ2n) is 6.94. The molecule has 4 heteroatoms. The van der Waals surface area contributed by atoms with Crippen LogP contribution in [0.4, 0.5) is 0 Å². The largest absolute Gasteiger partial charge is 0.469 e. The molecule has 1 aliphatic heterocycles. The van der Waals surface area contributed by atoms with Gasteiger partial charge in [-0.05, 0) is 38.0 Å². The van der Waals surface area contributed by atoms with Crippen molar-refractivity contribution in [3.05, 3.63) is 0 Å². The minimum absolute atomic E-state index is 0.0918. The predicted molar refractivity (Wildman–Crippen MR) is 86.5 cm³/mol. The highest BCUT2D eigenvalue weighted by Crippen LogP contribution is 2.35. The van der Waals surface area contributed by atoms with Crippen LogP contribution in [0.3, 0.4) is 0 Å². The molecule has 1 aliphatic rings. The molecular weight excluding hydrogens is 280 g/mol. The summed E-state index contributed by atoms with van der Waals surface area (Å²) in [5, 5.41) is 0. The smallest absolute Gasteiger partial charge is 0.311 e. The van der Waals surface area contributed by atoms with E-state index in [1.165, 1.54) is 7.11 Å². The average Bonchev–Trinajstić information content (AvgIpc) is 2.51. The molecule has 0 unspecified atom stereocenters. The maximum Gasteiger partial charge on any atom is 0.311 e. The third kappa shape index (κ3) is 4.80. The number of ketones is 1. The highest BCUT2D eigenvalue weighted by Gasteiger charge is 2.39. The molecule has 0 bridgehead atoms. The lowest BCUT2D eigenvalue weighted by atomic mass is 9.79. The van der Waals surface area contributed by atoms with Crippen LogP contribution >= 0.6 is 0 Å². The fraction of sp³-hybridized carbons (Fsp3) is 0.889. The molecule has 1 fully saturated rings. The van der Waals surface area contributed by atoms with Crippen molar-refractivity contribution in [2.24, 2.45) is 23.7 Å². The number of methoxy groups -OCH3 is 1. The first-order valence-electron chi connectivity index (χ1n) is 8.57. The number of Topliss-reactive ketones (excluding diaryl/α,β-unsaturated/α-hetero) is 1. The highest BCUT2D eigenvalue weighted by molar-refractivity contribution is 5.80. The second kappa shape index (κ2) is 8.66. The summed E-state index contributed by atoms with van der Waals surface area (Å²) in [7, 11) is 1.42. The monoisotopic (exact) mass is 312 g/mol. The van der Waals surface area contributed by atoms with Gasteiger partial charge >= 0.3 is 5.97 Å². The van der Waals surface area contributed by atoms with Crippen LogP contribution in [0.2, 0.25) is 0 Å². The Balaban J connectivity index is 2.63. The first-order valence-corrected chi connectivity index (χ1v) is 8.57. The molecule has 22 heavy (non-hydrogen) atoms. The van der Waals surface area contributed by atoms with E-state index in [0.717, 1.165) is 19.3 Å². The molecule has 0 saturated carbocycles. The molecular formula is C18H32O4. The average molecular weight is 312 g/mol. The standard InChI is InChI=1S/C18H32O4/c1-7-15(19)11(2)8-9-16-12(3)10-13(4)17(22-16)14(5)18(20)21-6/h11-14,16-17H,7-10H2,1-6H3/t11-,12-,13-,14+,16-,17-/m0/s1. The zero-order valence-corrected chi connectivity index (χ0v) is 14.9. The third-order valence-corrected chi connectivity index (χ3v) is 5.12. The molecule has 0 aliphatic carbocycles. The van der Waals surface area contributed by atoms with E-state index in [-0.39, 0.29) is 30.0 Å². The van der Waals surface area contributed by atoms with Gasteiger partial charge in [-0.15, -0.1) is 0 Å². The van der Waals surface area contributed by atoms with Crippen LogP contribution in [0.1, 0.15) is 60.3 Å². The molecule has 0 amide bonds. The molecule has 1 saturated heterocycles. The third-order valence-electron chi connectivity index (χ3n) is 5.12. The Labute approximate surface area is 134 Å². The highest BCUT2D eigenvalue weighted by atomic mass is 16.5. The van der Waals surface area contributed by atoms with Crippen LogP contribution in [0.25, 0.3) is 0 Å². The second-order valence-corrected chi connectivity index (χ2v) is 6.94. The Hall–Kier alpha value is -0.900. The van der Waals surface area contributed by atoms with Crippen molar-refractivity contribution in [1.29, 1.82) is 0 Å². The summed E-state index contributed by atoms with van der Waals surface area (Å²) in [6.07, 6.45) is 3.42. The van der Waals surface area contributed by atoms with Gasteiger partial charge in [0, 0.05) is 12.3 Å². The lowest BCUT2D eigenvalue weighted by Crippen LogP contribution is -2.44. The number of hydrogen-bond acceptors (Lipinski definition) is 4. The van der Waals surface area contributed by atoms with E-state index in [1.807, 2.05) is 20.8 Å². The van der Waals surface area contributed by atoms with Crippen LogP contribution in [-0.2, 0) is 19.1 Å². The fourth-order valence-electron chi connectivity index (χ4n) is 3.55. The maximum absolute atomic E-state index is 11.8. The van der Waals surface area contributed by atoms with Gasteiger partial charge in [-0.1, -0.05) is 27.7 Å². The van der Waals surface area contributed by atoms with Crippen molar-refractivity contribution in [2.75, 3.05) is 7.11 Å². The van der Waals surface area contributed by atoms with Gasteiger partial charge in [-0.3, -0.25) is 9.59 Å². The van der Waals surface area contributed by atoms with Gasteiger partial charge in [0.15, 0.2) is 0 Å². The summed E-state index contributed by atoms with van der Waals surface area (Å²) in [5.74, 6) is 0.757. The van der Waals surface area contributed by atoms with E-state index in [4.69, 9.17) is 9.47 Å². The molecule has 128 valence electrons. The van der Waals surface area contributed by atoms with Gasteiger partial charge in [0.2, 0.25) is 0 Å². The Kier molecular flexibility index (Phi) is 7.54. The van der Waals surface area contributed by atoms with Crippen LogP contribution in [0, 0.1) is 23.7 Å².